The van der Waals surface area contributed by atoms with Crippen molar-refractivity contribution in [2.45, 2.75) is 25.6 Å². The second-order valence-corrected chi connectivity index (χ2v) is 7.52. The Morgan fingerprint density at radius 3 is 2.19 bits per heavy atom. The van der Waals surface area contributed by atoms with E-state index in [9.17, 15) is 14.9 Å². The molecule has 1 aliphatic heterocycles. The number of fused-ring (bicyclic) bond motifs is 1. The highest BCUT2D eigenvalue weighted by atomic mass is 16.5. The lowest BCUT2D eigenvalue weighted by atomic mass is 9.87. The number of carbonyl (C=O) groups excluding carboxylic acids is 2. The molecule has 1 N–H and O–H groups in total. The largest absolute Gasteiger partial charge is 0.460 e. The summed E-state index contributed by atoms with van der Waals surface area (Å²) in [6.45, 7) is 0.791. The Hall–Kier alpha value is -4.11. The van der Waals surface area contributed by atoms with Crippen molar-refractivity contribution in [2.75, 3.05) is 11.9 Å². The maximum absolute atomic E-state index is 12.9. The molecule has 0 aliphatic carbocycles. The number of nitrogens with zero attached hydrogens (tertiary/aromatic N) is 1. The summed E-state index contributed by atoms with van der Waals surface area (Å²) in [4.78, 5) is 25.7. The number of hydrogen-bond acceptors (Lipinski definition) is 6. The molecule has 0 saturated carbocycles. The molecular formula is C26H22N2O4. The van der Waals surface area contributed by atoms with Crippen molar-refractivity contribution < 1.29 is 19.1 Å². The first-order chi connectivity index (χ1) is 15.7. The van der Waals surface area contributed by atoms with Crippen molar-refractivity contribution >= 4 is 17.6 Å². The van der Waals surface area contributed by atoms with Gasteiger partial charge in [-0.05, 0) is 35.2 Å². The molecule has 0 amide bonds. The van der Waals surface area contributed by atoms with Gasteiger partial charge in [-0.25, -0.2) is 4.79 Å². The molecule has 0 saturated heterocycles. The monoisotopic (exact) mass is 426 g/mol. The van der Waals surface area contributed by atoms with E-state index in [1.807, 2.05) is 60.7 Å². The van der Waals surface area contributed by atoms with Crippen molar-refractivity contribution in [3.63, 3.8) is 0 Å². The van der Waals surface area contributed by atoms with Crippen molar-refractivity contribution in [1.29, 1.82) is 5.26 Å². The molecule has 1 aliphatic rings. The summed E-state index contributed by atoms with van der Waals surface area (Å²) in [5.41, 5.74) is 3.40. The predicted octanol–water partition coefficient (Wildman–Crippen LogP) is 4.56. The number of carbonyl (C=O) groups is 2. The van der Waals surface area contributed by atoms with E-state index in [0.717, 1.165) is 11.1 Å². The smallest absolute Gasteiger partial charge is 0.340 e. The topological polar surface area (TPSA) is 88.4 Å². The number of ether oxygens (including phenoxy) is 2. The molecule has 0 radical (unpaired) electrons. The van der Waals surface area contributed by atoms with Crippen LogP contribution < -0.4 is 5.32 Å². The van der Waals surface area contributed by atoms with Crippen LogP contribution in [0.2, 0.25) is 0 Å². The van der Waals surface area contributed by atoms with Crippen LogP contribution in [0.4, 0.5) is 5.69 Å². The predicted molar refractivity (Wildman–Crippen MR) is 119 cm³/mol. The summed E-state index contributed by atoms with van der Waals surface area (Å²) < 4.78 is 11.0. The quantitative estimate of drug-likeness (QED) is 0.582. The van der Waals surface area contributed by atoms with Crippen LogP contribution in [0.3, 0.4) is 0 Å². The van der Waals surface area contributed by atoms with Gasteiger partial charge in [-0.3, -0.25) is 4.79 Å². The van der Waals surface area contributed by atoms with Gasteiger partial charge < -0.3 is 14.8 Å². The lowest BCUT2D eigenvalue weighted by Gasteiger charge is -2.27. The first kappa shape index (κ1) is 21.1. The Morgan fingerprint density at radius 1 is 0.938 bits per heavy atom. The van der Waals surface area contributed by atoms with E-state index in [0.29, 0.717) is 29.8 Å². The molecule has 3 aromatic rings. The molecule has 3 aromatic carbocycles. The van der Waals surface area contributed by atoms with Crippen LogP contribution in [0.25, 0.3) is 0 Å². The van der Waals surface area contributed by atoms with E-state index in [2.05, 4.69) is 11.4 Å². The van der Waals surface area contributed by atoms with Gasteiger partial charge in [0, 0.05) is 6.54 Å². The summed E-state index contributed by atoms with van der Waals surface area (Å²) >= 11 is 0. The zero-order valence-electron chi connectivity index (χ0n) is 17.4. The van der Waals surface area contributed by atoms with Crippen LogP contribution in [-0.4, -0.2) is 18.5 Å². The molecule has 0 bridgehead atoms. The van der Waals surface area contributed by atoms with E-state index in [1.165, 1.54) is 6.07 Å². The van der Waals surface area contributed by atoms with Gasteiger partial charge in [0.1, 0.15) is 13.2 Å². The van der Waals surface area contributed by atoms with Gasteiger partial charge in [0.05, 0.1) is 28.8 Å². The fourth-order valence-electron chi connectivity index (χ4n) is 3.73. The van der Waals surface area contributed by atoms with E-state index in [1.54, 1.807) is 6.07 Å². The summed E-state index contributed by atoms with van der Waals surface area (Å²) in [6.07, 6.45) is 0.508. The number of nitrogens with one attached hydrogen (secondary N) is 1. The number of esters is 2. The lowest BCUT2D eigenvalue weighted by molar-refractivity contribution is -0.147. The Balaban J connectivity index is 1.56. The average Bonchev–Trinajstić information content (AvgIpc) is 2.86. The molecule has 1 heterocycles. The fourth-order valence-corrected chi connectivity index (χ4v) is 3.73. The van der Waals surface area contributed by atoms with Crippen molar-refractivity contribution in [2.24, 2.45) is 0 Å². The van der Waals surface area contributed by atoms with E-state index in [4.69, 9.17) is 9.47 Å². The summed E-state index contributed by atoms with van der Waals surface area (Å²) in [6, 6.07) is 24.0. The summed E-state index contributed by atoms with van der Waals surface area (Å²) in [5.74, 6) is -1.49. The number of anilines is 1. The van der Waals surface area contributed by atoms with E-state index < -0.39 is 11.9 Å². The molecule has 4 rings (SSSR count). The minimum atomic E-state index is -0.566. The van der Waals surface area contributed by atoms with Crippen LogP contribution in [0.15, 0.2) is 72.8 Å². The van der Waals surface area contributed by atoms with Crippen molar-refractivity contribution in [3.8, 4) is 6.07 Å². The third kappa shape index (κ3) is 4.79. The summed E-state index contributed by atoms with van der Waals surface area (Å²) in [5, 5.41) is 12.7. The van der Waals surface area contributed by atoms with E-state index >= 15 is 0 Å². The van der Waals surface area contributed by atoms with Gasteiger partial charge in [-0.2, -0.15) is 5.26 Å². The SMILES string of the molecule is N#Cc1cc(C(=O)OCc2ccccc2)c2c(c1)C(C(=O)OCc1ccccc1)CCN2. The Labute approximate surface area is 186 Å². The highest BCUT2D eigenvalue weighted by Gasteiger charge is 2.31. The van der Waals surface area contributed by atoms with Gasteiger partial charge >= 0.3 is 11.9 Å². The number of nitriles is 1. The fraction of sp³-hybridized carbons (Fsp3) is 0.192. The zero-order valence-corrected chi connectivity index (χ0v) is 17.4. The Kier molecular flexibility index (Phi) is 6.47. The molecule has 1 atom stereocenters. The van der Waals surface area contributed by atoms with Crippen molar-refractivity contribution in [3.05, 3.63) is 101 Å². The zero-order chi connectivity index (χ0) is 22.3. The van der Waals surface area contributed by atoms with Gasteiger partial charge in [-0.1, -0.05) is 60.7 Å². The number of benzene rings is 3. The minimum absolute atomic E-state index is 0.119. The molecular weight excluding hydrogens is 404 g/mol. The van der Waals surface area contributed by atoms with Gasteiger partial charge in [0.2, 0.25) is 0 Å². The Bertz CT molecular complexity index is 1150. The summed E-state index contributed by atoms with van der Waals surface area (Å²) in [7, 11) is 0. The maximum atomic E-state index is 12.9. The third-order valence-electron chi connectivity index (χ3n) is 5.35. The second-order valence-electron chi connectivity index (χ2n) is 7.52. The van der Waals surface area contributed by atoms with Gasteiger partial charge in [-0.15, -0.1) is 0 Å². The van der Waals surface area contributed by atoms with Crippen LogP contribution >= 0.6 is 0 Å². The van der Waals surface area contributed by atoms with Crippen LogP contribution in [-0.2, 0) is 27.5 Å². The average molecular weight is 426 g/mol. The minimum Gasteiger partial charge on any atom is -0.460 e. The highest BCUT2D eigenvalue weighted by Crippen LogP contribution is 2.36. The number of rotatable bonds is 6. The second kappa shape index (κ2) is 9.80. The molecule has 6 heteroatoms. The van der Waals surface area contributed by atoms with Gasteiger partial charge in [0.25, 0.3) is 0 Å². The standard InChI is InChI=1S/C26H22N2O4/c27-15-20-13-22-21(25(29)31-16-18-7-3-1-4-8-18)11-12-28-24(22)23(14-20)26(30)32-17-19-9-5-2-6-10-19/h1-10,13-14,21,28H,11-12,16-17H2. The maximum Gasteiger partial charge on any atom is 0.340 e. The number of hydrogen-bond donors (Lipinski definition) is 1. The molecule has 160 valence electrons. The first-order valence-electron chi connectivity index (χ1n) is 10.4. The van der Waals surface area contributed by atoms with Crippen LogP contribution in [0.5, 0.6) is 0 Å². The van der Waals surface area contributed by atoms with Crippen LogP contribution in [0, 0.1) is 11.3 Å². The molecule has 1 unspecified atom stereocenters. The third-order valence-corrected chi connectivity index (χ3v) is 5.35. The first-order valence-corrected chi connectivity index (χ1v) is 10.4. The molecule has 6 nitrogen and oxygen atoms in total. The normalized spacial score (nSPS) is 14.4. The van der Waals surface area contributed by atoms with Crippen LogP contribution in [0.1, 0.15) is 45.0 Å². The lowest BCUT2D eigenvalue weighted by Crippen LogP contribution is -2.26. The molecule has 0 aromatic heterocycles. The molecule has 0 spiro atoms. The Morgan fingerprint density at radius 2 is 1.56 bits per heavy atom. The van der Waals surface area contributed by atoms with Gasteiger partial charge in [0.15, 0.2) is 0 Å². The van der Waals surface area contributed by atoms with Crippen molar-refractivity contribution in [1.82, 2.24) is 0 Å². The molecule has 0 fully saturated rings. The molecule has 32 heavy (non-hydrogen) atoms. The highest BCUT2D eigenvalue weighted by molar-refractivity contribution is 5.98. The van der Waals surface area contributed by atoms with E-state index in [-0.39, 0.29) is 24.7 Å².